The Kier molecular flexibility index (Phi) is 4.65. The summed E-state index contributed by atoms with van der Waals surface area (Å²) >= 11 is 6.19. The first-order valence-electron chi connectivity index (χ1n) is 6.47. The summed E-state index contributed by atoms with van der Waals surface area (Å²) in [5, 5.41) is 3.43. The van der Waals surface area contributed by atoms with Crippen molar-refractivity contribution in [2.24, 2.45) is 0 Å². The third-order valence-corrected chi connectivity index (χ3v) is 3.09. The second kappa shape index (κ2) is 6.45. The molecule has 6 heteroatoms. The number of rotatable bonds is 4. The Morgan fingerprint density at radius 3 is 2.81 bits per heavy atom. The lowest BCUT2D eigenvalue weighted by Gasteiger charge is -2.14. The van der Waals surface area contributed by atoms with Gasteiger partial charge in [-0.2, -0.15) is 0 Å². The molecule has 0 saturated carbocycles. The van der Waals surface area contributed by atoms with Gasteiger partial charge in [0, 0.05) is 11.4 Å². The van der Waals surface area contributed by atoms with Gasteiger partial charge in [0.15, 0.2) is 0 Å². The summed E-state index contributed by atoms with van der Waals surface area (Å²) in [6, 6.07) is 6.82. The minimum Gasteiger partial charge on any atom is -0.462 e. The molecular weight excluding hydrogens is 290 g/mol. The number of hydrogen-bond donors (Lipinski definition) is 2. The van der Waals surface area contributed by atoms with Crippen LogP contribution in [0.25, 0.3) is 0 Å². The van der Waals surface area contributed by atoms with E-state index < -0.39 is 5.97 Å². The number of carbonyl (C=O) groups is 1. The van der Waals surface area contributed by atoms with Crippen LogP contribution in [-0.4, -0.2) is 17.6 Å². The molecule has 0 radical (unpaired) electrons. The molecule has 3 N–H and O–H groups in total. The number of anilines is 3. The molecule has 0 atom stereocenters. The van der Waals surface area contributed by atoms with E-state index in [2.05, 4.69) is 10.3 Å². The number of aryl methyl sites for hydroxylation is 1. The van der Waals surface area contributed by atoms with Gasteiger partial charge in [-0.05, 0) is 38.1 Å². The Morgan fingerprint density at radius 2 is 2.19 bits per heavy atom. The first kappa shape index (κ1) is 15.1. The van der Waals surface area contributed by atoms with Crippen LogP contribution in [0.4, 0.5) is 17.1 Å². The van der Waals surface area contributed by atoms with Crippen molar-refractivity contribution in [3.05, 3.63) is 46.7 Å². The topological polar surface area (TPSA) is 77.2 Å². The van der Waals surface area contributed by atoms with Crippen molar-refractivity contribution >= 4 is 34.6 Å². The Morgan fingerprint density at radius 1 is 1.43 bits per heavy atom. The molecule has 0 unspecified atom stereocenters. The molecule has 0 aliphatic heterocycles. The Labute approximate surface area is 128 Å². The number of esters is 1. The SMILES string of the molecule is CCOC(=O)c1cc(N)cc(Cl)c1Nc1ccc(C)nc1. The van der Waals surface area contributed by atoms with Crippen LogP contribution in [0.1, 0.15) is 23.0 Å². The van der Waals surface area contributed by atoms with Crippen molar-refractivity contribution in [2.75, 3.05) is 17.7 Å². The third-order valence-electron chi connectivity index (χ3n) is 2.79. The summed E-state index contributed by atoms with van der Waals surface area (Å²) < 4.78 is 5.03. The fourth-order valence-corrected chi connectivity index (χ4v) is 2.09. The average molecular weight is 306 g/mol. The fourth-order valence-electron chi connectivity index (χ4n) is 1.81. The first-order valence-corrected chi connectivity index (χ1v) is 6.85. The maximum Gasteiger partial charge on any atom is 0.340 e. The van der Waals surface area contributed by atoms with Gasteiger partial charge in [-0.1, -0.05) is 11.6 Å². The highest BCUT2D eigenvalue weighted by molar-refractivity contribution is 6.34. The summed E-state index contributed by atoms with van der Waals surface area (Å²) in [5.41, 5.74) is 8.51. The number of nitrogens with zero attached hydrogens (tertiary/aromatic N) is 1. The molecule has 21 heavy (non-hydrogen) atoms. The van der Waals surface area contributed by atoms with Crippen LogP contribution in [0.15, 0.2) is 30.5 Å². The molecule has 0 aliphatic carbocycles. The van der Waals surface area contributed by atoms with Gasteiger partial charge in [-0.25, -0.2) is 4.79 Å². The third kappa shape index (κ3) is 3.64. The number of carbonyl (C=O) groups excluding carboxylic acids is 1. The normalized spacial score (nSPS) is 10.2. The van der Waals surface area contributed by atoms with Crippen molar-refractivity contribution in [1.82, 2.24) is 4.98 Å². The number of pyridine rings is 1. The zero-order valence-electron chi connectivity index (χ0n) is 11.8. The molecule has 0 aliphatic rings. The van der Waals surface area contributed by atoms with Crippen LogP contribution in [0.3, 0.4) is 0 Å². The number of nitrogens with two attached hydrogens (primary N) is 1. The van der Waals surface area contributed by atoms with Crippen molar-refractivity contribution in [1.29, 1.82) is 0 Å². The Bertz CT molecular complexity index is 657. The number of nitrogen functional groups attached to an aromatic ring is 1. The molecule has 110 valence electrons. The zero-order valence-corrected chi connectivity index (χ0v) is 12.6. The molecule has 5 nitrogen and oxygen atoms in total. The fraction of sp³-hybridized carbons (Fsp3) is 0.200. The van der Waals surface area contributed by atoms with E-state index in [4.69, 9.17) is 22.1 Å². The Balaban J connectivity index is 2.41. The summed E-state index contributed by atoms with van der Waals surface area (Å²) in [4.78, 5) is 16.2. The van der Waals surface area contributed by atoms with E-state index in [1.165, 1.54) is 6.07 Å². The summed E-state index contributed by atoms with van der Waals surface area (Å²) in [6.45, 7) is 3.91. The first-order chi connectivity index (χ1) is 10.0. The monoisotopic (exact) mass is 305 g/mol. The minimum absolute atomic E-state index is 0.275. The van der Waals surface area contributed by atoms with E-state index in [-0.39, 0.29) is 6.61 Å². The molecule has 2 rings (SSSR count). The van der Waals surface area contributed by atoms with Gasteiger partial charge in [0.25, 0.3) is 0 Å². The molecule has 0 fully saturated rings. The van der Waals surface area contributed by atoms with E-state index in [0.717, 1.165) is 11.4 Å². The molecule has 0 saturated heterocycles. The van der Waals surface area contributed by atoms with E-state index >= 15 is 0 Å². The van der Waals surface area contributed by atoms with Crippen LogP contribution >= 0.6 is 11.6 Å². The minimum atomic E-state index is -0.478. The summed E-state index contributed by atoms with van der Waals surface area (Å²) in [6.07, 6.45) is 1.66. The Hall–Kier alpha value is -2.27. The number of benzene rings is 1. The highest BCUT2D eigenvalue weighted by atomic mass is 35.5. The van der Waals surface area contributed by atoms with Crippen molar-refractivity contribution < 1.29 is 9.53 Å². The summed E-state index contributed by atoms with van der Waals surface area (Å²) in [5.74, 6) is -0.478. The maximum absolute atomic E-state index is 12.0. The maximum atomic E-state index is 12.0. The molecule has 1 aromatic heterocycles. The molecule has 0 bridgehead atoms. The van der Waals surface area contributed by atoms with Gasteiger partial charge in [0.2, 0.25) is 0 Å². The molecular formula is C15H16ClN3O2. The van der Waals surface area contributed by atoms with Crippen molar-refractivity contribution in [3.8, 4) is 0 Å². The predicted molar refractivity (Wildman–Crippen MR) is 84.1 cm³/mol. The molecule has 1 heterocycles. The van der Waals surface area contributed by atoms with Crippen molar-refractivity contribution in [2.45, 2.75) is 13.8 Å². The van der Waals surface area contributed by atoms with Gasteiger partial charge in [0.1, 0.15) is 0 Å². The van der Waals surface area contributed by atoms with Gasteiger partial charge < -0.3 is 15.8 Å². The summed E-state index contributed by atoms with van der Waals surface area (Å²) in [7, 11) is 0. The number of hydrogen-bond acceptors (Lipinski definition) is 5. The van der Waals surface area contributed by atoms with Crippen LogP contribution < -0.4 is 11.1 Å². The largest absolute Gasteiger partial charge is 0.462 e. The molecule has 0 amide bonds. The van der Waals surface area contributed by atoms with Gasteiger partial charge >= 0.3 is 5.97 Å². The van der Waals surface area contributed by atoms with Gasteiger partial charge in [-0.3, -0.25) is 4.98 Å². The highest BCUT2D eigenvalue weighted by Gasteiger charge is 2.17. The lowest BCUT2D eigenvalue weighted by Crippen LogP contribution is -2.09. The standard InChI is InChI=1S/C15H16ClN3O2/c1-3-21-15(20)12-6-10(17)7-13(16)14(12)19-11-5-4-9(2)18-8-11/h4-8,19H,3,17H2,1-2H3. The number of halogens is 1. The lowest BCUT2D eigenvalue weighted by molar-refractivity contribution is 0.0527. The second-order valence-electron chi connectivity index (χ2n) is 4.46. The number of ether oxygens (including phenoxy) is 1. The van der Waals surface area contributed by atoms with Crippen LogP contribution in [0.5, 0.6) is 0 Å². The van der Waals surface area contributed by atoms with E-state index in [1.807, 2.05) is 19.1 Å². The predicted octanol–water partition coefficient (Wildman–Crippen LogP) is 3.55. The van der Waals surface area contributed by atoms with E-state index in [1.54, 1.807) is 19.2 Å². The van der Waals surface area contributed by atoms with E-state index in [0.29, 0.717) is 22.0 Å². The van der Waals surface area contributed by atoms with Crippen LogP contribution in [-0.2, 0) is 4.74 Å². The number of aromatic nitrogens is 1. The quantitative estimate of drug-likeness (QED) is 0.667. The smallest absolute Gasteiger partial charge is 0.340 e. The second-order valence-corrected chi connectivity index (χ2v) is 4.87. The zero-order chi connectivity index (χ0) is 15.4. The molecule has 2 aromatic rings. The van der Waals surface area contributed by atoms with Crippen LogP contribution in [0.2, 0.25) is 5.02 Å². The number of nitrogens with one attached hydrogen (secondary N) is 1. The average Bonchev–Trinajstić information content (AvgIpc) is 2.44. The molecule has 0 spiro atoms. The highest BCUT2D eigenvalue weighted by Crippen LogP contribution is 2.32. The van der Waals surface area contributed by atoms with Crippen molar-refractivity contribution in [3.63, 3.8) is 0 Å². The van der Waals surface area contributed by atoms with E-state index in [9.17, 15) is 4.79 Å². The van der Waals surface area contributed by atoms with Crippen LogP contribution in [0, 0.1) is 6.92 Å². The van der Waals surface area contributed by atoms with Gasteiger partial charge in [-0.15, -0.1) is 0 Å². The van der Waals surface area contributed by atoms with Gasteiger partial charge in [0.05, 0.1) is 34.8 Å². The molecule has 1 aromatic carbocycles. The lowest BCUT2D eigenvalue weighted by atomic mass is 10.1.